The lowest BCUT2D eigenvalue weighted by Gasteiger charge is -2.18. The molecule has 0 fully saturated rings. The van der Waals surface area contributed by atoms with E-state index < -0.39 is 5.82 Å². The fourth-order valence-corrected chi connectivity index (χ4v) is 2.12. The van der Waals surface area contributed by atoms with Gasteiger partial charge in [0, 0.05) is 19.2 Å². The van der Waals surface area contributed by atoms with E-state index in [1.807, 2.05) is 37.3 Å². The van der Waals surface area contributed by atoms with Crippen molar-refractivity contribution in [2.75, 3.05) is 7.05 Å². The molecular formula is C18H17FN2O. The predicted octanol–water partition coefficient (Wildman–Crippen LogP) is 3.21. The molecule has 2 rings (SSSR count). The van der Waals surface area contributed by atoms with Gasteiger partial charge in [-0.15, -0.1) is 0 Å². The third-order valence-corrected chi connectivity index (χ3v) is 3.48. The molecule has 0 bridgehead atoms. The number of carbonyl (C=O) groups excluding carboxylic acids is 1. The van der Waals surface area contributed by atoms with Crippen LogP contribution in [0.1, 0.15) is 22.3 Å². The number of amides is 1. The zero-order valence-corrected chi connectivity index (χ0v) is 12.6. The summed E-state index contributed by atoms with van der Waals surface area (Å²) in [5.41, 5.74) is 2.79. The van der Waals surface area contributed by atoms with E-state index in [9.17, 15) is 9.18 Å². The highest BCUT2D eigenvalue weighted by Crippen LogP contribution is 2.13. The van der Waals surface area contributed by atoms with E-state index in [1.165, 1.54) is 23.1 Å². The van der Waals surface area contributed by atoms with Gasteiger partial charge in [-0.05, 0) is 30.7 Å². The average molecular weight is 296 g/mol. The van der Waals surface area contributed by atoms with Crippen molar-refractivity contribution in [1.29, 1.82) is 5.26 Å². The second-order valence-corrected chi connectivity index (χ2v) is 5.33. The molecule has 0 aromatic heterocycles. The Bertz CT molecular complexity index is 717. The maximum Gasteiger partial charge on any atom is 0.227 e. The Kier molecular flexibility index (Phi) is 4.90. The number of hydrogen-bond donors (Lipinski definition) is 0. The van der Waals surface area contributed by atoms with Gasteiger partial charge in [-0.3, -0.25) is 4.79 Å². The largest absolute Gasteiger partial charge is 0.341 e. The average Bonchev–Trinajstić information content (AvgIpc) is 2.51. The highest BCUT2D eigenvalue weighted by atomic mass is 19.1. The van der Waals surface area contributed by atoms with Crippen LogP contribution in [0.25, 0.3) is 0 Å². The molecule has 112 valence electrons. The second kappa shape index (κ2) is 6.86. The van der Waals surface area contributed by atoms with Gasteiger partial charge in [-0.2, -0.15) is 5.26 Å². The van der Waals surface area contributed by atoms with Crippen molar-refractivity contribution in [2.45, 2.75) is 19.9 Å². The first-order valence-electron chi connectivity index (χ1n) is 6.97. The van der Waals surface area contributed by atoms with Crippen molar-refractivity contribution in [3.63, 3.8) is 0 Å². The van der Waals surface area contributed by atoms with E-state index in [2.05, 4.69) is 0 Å². The van der Waals surface area contributed by atoms with E-state index in [0.29, 0.717) is 11.1 Å². The maximum absolute atomic E-state index is 13.8. The monoisotopic (exact) mass is 296 g/mol. The summed E-state index contributed by atoms with van der Waals surface area (Å²) in [6.45, 7) is 2.13. The van der Waals surface area contributed by atoms with Crippen LogP contribution in [0.5, 0.6) is 0 Å². The minimum Gasteiger partial charge on any atom is -0.341 e. The topological polar surface area (TPSA) is 44.1 Å². The summed E-state index contributed by atoms with van der Waals surface area (Å²) in [4.78, 5) is 13.7. The van der Waals surface area contributed by atoms with Crippen LogP contribution in [0.15, 0.2) is 42.5 Å². The molecule has 2 aromatic rings. The molecule has 0 unspecified atom stereocenters. The molecule has 0 saturated heterocycles. The van der Waals surface area contributed by atoms with Crippen molar-refractivity contribution in [1.82, 2.24) is 4.90 Å². The van der Waals surface area contributed by atoms with Crippen LogP contribution in [0.4, 0.5) is 4.39 Å². The molecule has 0 saturated carbocycles. The van der Waals surface area contributed by atoms with Crippen molar-refractivity contribution in [3.8, 4) is 6.07 Å². The number of rotatable bonds is 4. The molecule has 2 aromatic carbocycles. The highest BCUT2D eigenvalue weighted by molar-refractivity contribution is 5.78. The summed E-state index contributed by atoms with van der Waals surface area (Å²) in [6, 6.07) is 13.9. The molecule has 0 spiro atoms. The Hall–Kier alpha value is -2.67. The normalized spacial score (nSPS) is 10.1. The second-order valence-electron chi connectivity index (χ2n) is 5.33. The van der Waals surface area contributed by atoms with Crippen LogP contribution >= 0.6 is 0 Å². The Labute approximate surface area is 129 Å². The number of benzene rings is 2. The van der Waals surface area contributed by atoms with Crippen molar-refractivity contribution in [2.24, 2.45) is 0 Å². The van der Waals surface area contributed by atoms with Gasteiger partial charge >= 0.3 is 0 Å². The third kappa shape index (κ3) is 3.92. The number of nitriles is 1. The predicted molar refractivity (Wildman–Crippen MR) is 82.5 cm³/mol. The van der Waals surface area contributed by atoms with E-state index in [-0.39, 0.29) is 18.9 Å². The summed E-state index contributed by atoms with van der Waals surface area (Å²) < 4.78 is 13.8. The number of nitrogens with zero attached hydrogens (tertiary/aromatic N) is 2. The zero-order chi connectivity index (χ0) is 16.1. The van der Waals surface area contributed by atoms with Crippen molar-refractivity contribution >= 4 is 5.91 Å². The minimum absolute atomic E-state index is 0.0920. The van der Waals surface area contributed by atoms with E-state index in [1.54, 1.807) is 7.05 Å². The molecule has 0 aliphatic heterocycles. The van der Waals surface area contributed by atoms with Crippen LogP contribution in [0.3, 0.4) is 0 Å². The molecule has 0 atom stereocenters. The number of hydrogen-bond acceptors (Lipinski definition) is 2. The van der Waals surface area contributed by atoms with Crippen LogP contribution < -0.4 is 0 Å². The van der Waals surface area contributed by atoms with Crippen LogP contribution in [-0.4, -0.2) is 17.9 Å². The van der Waals surface area contributed by atoms with Gasteiger partial charge in [0.2, 0.25) is 5.91 Å². The van der Waals surface area contributed by atoms with E-state index in [4.69, 9.17) is 5.26 Å². The molecular weight excluding hydrogens is 279 g/mol. The number of halogens is 1. The number of likely N-dealkylation sites (N-methyl/N-ethyl adjacent to an activating group) is 1. The molecule has 0 heterocycles. The van der Waals surface area contributed by atoms with Gasteiger partial charge in [-0.1, -0.05) is 29.8 Å². The van der Waals surface area contributed by atoms with Gasteiger partial charge < -0.3 is 4.90 Å². The van der Waals surface area contributed by atoms with Gasteiger partial charge in [0.25, 0.3) is 0 Å². The molecule has 0 N–H and O–H groups in total. The number of carbonyl (C=O) groups is 1. The first-order chi connectivity index (χ1) is 10.5. The summed E-state index contributed by atoms with van der Waals surface area (Å²) in [5, 5.41) is 8.86. The Morgan fingerprint density at radius 3 is 2.55 bits per heavy atom. The lowest BCUT2D eigenvalue weighted by Crippen LogP contribution is -2.28. The van der Waals surface area contributed by atoms with Crippen LogP contribution in [-0.2, 0) is 17.8 Å². The standard InChI is InChI=1S/C18H17FN2O/c1-13-3-5-14(6-4-13)10-18(22)21(2)12-16-9-15(11-20)7-8-17(16)19/h3-9H,10,12H2,1-2H3. The fraction of sp³-hybridized carbons (Fsp3) is 0.222. The maximum atomic E-state index is 13.8. The van der Waals surface area contributed by atoms with Crippen LogP contribution in [0, 0.1) is 24.1 Å². The van der Waals surface area contributed by atoms with E-state index >= 15 is 0 Å². The van der Waals surface area contributed by atoms with Gasteiger partial charge in [-0.25, -0.2) is 4.39 Å². The molecule has 22 heavy (non-hydrogen) atoms. The van der Waals surface area contributed by atoms with Gasteiger partial charge in [0.15, 0.2) is 0 Å². The molecule has 0 aliphatic carbocycles. The molecule has 0 radical (unpaired) electrons. The number of aryl methyl sites for hydroxylation is 1. The first kappa shape index (κ1) is 15.7. The summed E-state index contributed by atoms with van der Waals surface area (Å²) >= 11 is 0. The first-order valence-corrected chi connectivity index (χ1v) is 6.97. The van der Waals surface area contributed by atoms with Crippen molar-refractivity contribution < 1.29 is 9.18 Å². The van der Waals surface area contributed by atoms with E-state index in [0.717, 1.165) is 11.1 Å². The molecule has 1 amide bonds. The minimum atomic E-state index is -0.408. The quantitative estimate of drug-likeness (QED) is 0.869. The Morgan fingerprint density at radius 2 is 1.91 bits per heavy atom. The molecule has 3 nitrogen and oxygen atoms in total. The lowest BCUT2D eigenvalue weighted by molar-refractivity contribution is -0.129. The van der Waals surface area contributed by atoms with Gasteiger partial charge in [0.1, 0.15) is 5.82 Å². The lowest BCUT2D eigenvalue weighted by atomic mass is 10.1. The summed E-state index contributed by atoms with van der Waals surface area (Å²) in [6.07, 6.45) is 0.274. The Morgan fingerprint density at radius 1 is 1.23 bits per heavy atom. The zero-order valence-electron chi connectivity index (χ0n) is 12.6. The van der Waals surface area contributed by atoms with Crippen molar-refractivity contribution in [3.05, 3.63) is 70.5 Å². The smallest absolute Gasteiger partial charge is 0.227 e. The van der Waals surface area contributed by atoms with Crippen LogP contribution in [0.2, 0.25) is 0 Å². The Balaban J connectivity index is 2.05. The molecule has 0 aliphatic rings. The highest BCUT2D eigenvalue weighted by Gasteiger charge is 2.13. The molecule has 4 heteroatoms. The SMILES string of the molecule is Cc1ccc(CC(=O)N(C)Cc2cc(C#N)ccc2F)cc1. The fourth-order valence-electron chi connectivity index (χ4n) is 2.12. The summed E-state index contributed by atoms with van der Waals surface area (Å²) in [7, 11) is 1.63. The summed E-state index contributed by atoms with van der Waals surface area (Å²) in [5.74, 6) is -0.500. The third-order valence-electron chi connectivity index (χ3n) is 3.48. The van der Waals surface area contributed by atoms with Gasteiger partial charge in [0.05, 0.1) is 18.1 Å².